The molecule has 0 saturated carbocycles. The molecule has 2 heterocycles. The van der Waals surface area contributed by atoms with Gasteiger partial charge in [0.15, 0.2) is 0 Å². The van der Waals surface area contributed by atoms with Crippen molar-refractivity contribution >= 4 is 29.3 Å². The molecule has 1 fully saturated rings. The van der Waals surface area contributed by atoms with Crippen LogP contribution in [0.15, 0.2) is 48.8 Å². The quantitative estimate of drug-likeness (QED) is 0.776. The molecule has 0 unspecified atom stereocenters. The first-order valence-electron chi connectivity index (χ1n) is 8.42. The third kappa shape index (κ3) is 5.73. The van der Waals surface area contributed by atoms with Crippen molar-refractivity contribution in [3.8, 4) is 0 Å². The summed E-state index contributed by atoms with van der Waals surface area (Å²) >= 11 is 7.58. The predicted molar refractivity (Wildman–Crippen MR) is 104 cm³/mol. The van der Waals surface area contributed by atoms with Gasteiger partial charge >= 0.3 is 0 Å². The lowest BCUT2D eigenvalue weighted by molar-refractivity contribution is -0.130. The Bertz CT molecular complexity index is 673. The fraction of sp³-hybridized carbons (Fsp3) is 0.368. The molecule has 0 aliphatic carbocycles. The average Bonchev–Trinajstić information content (AvgIpc) is 2.65. The van der Waals surface area contributed by atoms with Crippen molar-refractivity contribution in [1.82, 2.24) is 14.8 Å². The first-order valence-corrected chi connectivity index (χ1v) is 9.95. The molecular weight excluding hydrogens is 354 g/mol. The zero-order chi connectivity index (χ0) is 17.5. The number of pyridine rings is 1. The molecule has 132 valence electrons. The number of halogens is 1. The molecule has 1 aliphatic heterocycles. The molecule has 0 radical (unpaired) electrons. The summed E-state index contributed by atoms with van der Waals surface area (Å²) in [5.74, 6) is 1.60. The van der Waals surface area contributed by atoms with Gasteiger partial charge < -0.3 is 4.90 Å². The lowest BCUT2D eigenvalue weighted by atomic mass is 10.2. The summed E-state index contributed by atoms with van der Waals surface area (Å²) < 4.78 is 0. The molecule has 4 nitrogen and oxygen atoms in total. The highest BCUT2D eigenvalue weighted by Gasteiger charge is 2.20. The number of benzene rings is 1. The number of thioether (sulfide) groups is 1. The van der Waals surface area contributed by atoms with E-state index in [1.807, 2.05) is 35.4 Å². The van der Waals surface area contributed by atoms with Crippen molar-refractivity contribution in [2.75, 3.05) is 31.9 Å². The Labute approximate surface area is 158 Å². The maximum absolute atomic E-state index is 12.3. The number of amides is 1. The van der Waals surface area contributed by atoms with Crippen molar-refractivity contribution in [2.45, 2.75) is 12.3 Å². The number of carbonyl (C=O) groups excluding carboxylic acids is 1. The molecule has 6 heteroatoms. The van der Waals surface area contributed by atoms with Gasteiger partial charge in [0, 0.05) is 55.9 Å². The number of aromatic nitrogens is 1. The molecule has 0 atom stereocenters. The smallest absolute Gasteiger partial charge is 0.232 e. The molecule has 1 amide bonds. The number of carbonyl (C=O) groups is 1. The minimum atomic E-state index is 0.236. The highest BCUT2D eigenvalue weighted by atomic mass is 35.5. The Hall–Kier alpha value is -1.56. The first kappa shape index (κ1) is 18.2. The number of piperazine rings is 1. The highest BCUT2D eigenvalue weighted by molar-refractivity contribution is 7.99. The molecule has 1 saturated heterocycles. The van der Waals surface area contributed by atoms with E-state index in [-0.39, 0.29) is 5.91 Å². The van der Waals surface area contributed by atoms with Gasteiger partial charge in [0.25, 0.3) is 0 Å². The summed E-state index contributed by atoms with van der Waals surface area (Å²) in [4.78, 5) is 20.8. The van der Waals surface area contributed by atoms with Gasteiger partial charge in [0.05, 0.1) is 5.75 Å². The Morgan fingerprint density at radius 3 is 2.52 bits per heavy atom. The monoisotopic (exact) mass is 375 g/mol. The van der Waals surface area contributed by atoms with E-state index in [2.05, 4.69) is 22.0 Å². The van der Waals surface area contributed by atoms with E-state index in [0.717, 1.165) is 49.1 Å². The summed E-state index contributed by atoms with van der Waals surface area (Å²) in [7, 11) is 0. The van der Waals surface area contributed by atoms with Gasteiger partial charge in [0.1, 0.15) is 0 Å². The fourth-order valence-electron chi connectivity index (χ4n) is 2.83. The van der Waals surface area contributed by atoms with E-state index >= 15 is 0 Å². The Balaban J connectivity index is 1.38. The van der Waals surface area contributed by atoms with E-state index < -0.39 is 0 Å². The molecule has 0 spiro atoms. The van der Waals surface area contributed by atoms with Gasteiger partial charge in [-0.05, 0) is 29.3 Å². The standard InChI is InChI=1S/C19H22ClN3OS/c20-18-5-3-16(4-6-18)13-22-8-10-23(11-9-22)19(24)15-25-14-17-2-1-7-21-12-17/h1-7,12H,8-11,13-15H2. The molecule has 25 heavy (non-hydrogen) atoms. The summed E-state index contributed by atoms with van der Waals surface area (Å²) in [5, 5.41) is 0.767. The highest BCUT2D eigenvalue weighted by Crippen LogP contribution is 2.15. The van der Waals surface area contributed by atoms with Crippen molar-refractivity contribution in [1.29, 1.82) is 0 Å². The first-order chi connectivity index (χ1) is 12.2. The third-order valence-electron chi connectivity index (χ3n) is 4.26. The molecular formula is C19H22ClN3OS. The van der Waals surface area contributed by atoms with E-state index in [4.69, 9.17) is 11.6 Å². The van der Waals surface area contributed by atoms with Crippen molar-refractivity contribution in [3.63, 3.8) is 0 Å². The van der Waals surface area contributed by atoms with Crippen LogP contribution in [0.25, 0.3) is 0 Å². The second-order valence-electron chi connectivity index (χ2n) is 6.14. The number of hydrogen-bond acceptors (Lipinski definition) is 4. The van der Waals surface area contributed by atoms with E-state index in [9.17, 15) is 4.79 Å². The van der Waals surface area contributed by atoms with Gasteiger partial charge in [-0.2, -0.15) is 0 Å². The molecule has 1 aliphatic rings. The molecule has 0 N–H and O–H groups in total. The summed E-state index contributed by atoms with van der Waals surface area (Å²) in [6, 6.07) is 12.0. The van der Waals surface area contributed by atoms with Crippen LogP contribution in [0, 0.1) is 0 Å². The van der Waals surface area contributed by atoms with Crippen molar-refractivity contribution in [3.05, 3.63) is 64.9 Å². The van der Waals surface area contributed by atoms with Gasteiger partial charge in [-0.3, -0.25) is 14.7 Å². The van der Waals surface area contributed by atoms with Gasteiger partial charge in [0.2, 0.25) is 5.91 Å². The second-order valence-corrected chi connectivity index (χ2v) is 7.56. The molecule has 2 aromatic rings. The normalized spacial score (nSPS) is 15.3. The van der Waals surface area contributed by atoms with Gasteiger partial charge in [-0.25, -0.2) is 0 Å². The zero-order valence-corrected chi connectivity index (χ0v) is 15.7. The predicted octanol–water partition coefficient (Wildman–Crippen LogP) is 3.31. The lowest BCUT2D eigenvalue weighted by Crippen LogP contribution is -2.48. The van der Waals surface area contributed by atoms with Crippen LogP contribution >= 0.6 is 23.4 Å². The molecule has 1 aromatic heterocycles. The summed E-state index contributed by atoms with van der Waals surface area (Å²) in [6.45, 7) is 4.36. The average molecular weight is 376 g/mol. The van der Waals surface area contributed by atoms with Crippen LogP contribution in [0.2, 0.25) is 5.02 Å². The third-order valence-corrected chi connectivity index (χ3v) is 5.50. The van der Waals surface area contributed by atoms with E-state index in [1.54, 1.807) is 18.0 Å². The number of rotatable bonds is 6. The summed E-state index contributed by atoms with van der Waals surface area (Å²) in [5.41, 5.74) is 2.42. The SMILES string of the molecule is O=C(CSCc1cccnc1)N1CCN(Cc2ccc(Cl)cc2)CC1. The molecule has 3 rings (SSSR count). The van der Waals surface area contributed by atoms with Crippen LogP contribution < -0.4 is 0 Å². The second kappa shape index (κ2) is 9.22. The number of nitrogens with zero attached hydrogens (tertiary/aromatic N) is 3. The van der Waals surface area contributed by atoms with Crippen LogP contribution in [-0.2, 0) is 17.1 Å². The summed E-state index contributed by atoms with van der Waals surface area (Å²) in [6.07, 6.45) is 3.62. The molecule has 0 bridgehead atoms. The zero-order valence-electron chi connectivity index (χ0n) is 14.1. The minimum absolute atomic E-state index is 0.236. The van der Waals surface area contributed by atoms with Gasteiger partial charge in [-0.15, -0.1) is 11.8 Å². The Kier molecular flexibility index (Phi) is 6.73. The van der Waals surface area contributed by atoms with Crippen LogP contribution in [0.4, 0.5) is 0 Å². The van der Waals surface area contributed by atoms with Crippen LogP contribution in [0.5, 0.6) is 0 Å². The number of hydrogen-bond donors (Lipinski definition) is 0. The van der Waals surface area contributed by atoms with Crippen LogP contribution in [0.3, 0.4) is 0 Å². The van der Waals surface area contributed by atoms with Gasteiger partial charge in [-0.1, -0.05) is 29.8 Å². The Morgan fingerprint density at radius 1 is 1.08 bits per heavy atom. The maximum Gasteiger partial charge on any atom is 0.232 e. The Morgan fingerprint density at radius 2 is 1.84 bits per heavy atom. The molecule has 1 aromatic carbocycles. The maximum atomic E-state index is 12.3. The van der Waals surface area contributed by atoms with E-state index in [0.29, 0.717) is 5.75 Å². The van der Waals surface area contributed by atoms with Crippen molar-refractivity contribution < 1.29 is 4.79 Å². The largest absolute Gasteiger partial charge is 0.339 e. The topological polar surface area (TPSA) is 36.4 Å². The van der Waals surface area contributed by atoms with Crippen molar-refractivity contribution in [2.24, 2.45) is 0 Å². The lowest BCUT2D eigenvalue weighted by Gasteiger charge is -2.34. The van der Waals surface area contributed by atoms with Crippen LogP contribution in [0.1, 0.15) is 11.1 Å². The van der Waals surface area contributed by atoms with E-state index in [1.165, 1.54) is 5.56 Å². The minimum Gasteiger partial charge on any atom is -0.339 e. The van der Waals surface area contributed by atoms with Crippen LogP contribution in [-0.4, -0.2) is 52.6 Å². The fourth-order valence-corrected chi connectivity index (χ4v) is 3.83.